The van der Waals surface area contributed by atoms with Crippen molar-refractivity contribution in [1.82, 2.24) is 0 Å². The minimum absolute atomic E-state index is 0.0781. The lowest BCUT2D eigenvalue weighted by Crippen LogP contribution is -2.06. The van der Waals surface area contributed by atoms with Gasteiger partial charge in [0.05, 0.1) is 21.3 Å². The molecule has 0 spiro atoms. The van der Waals surface area contributed by atoms with Crippen LogP contribution in [0.3, 0.4) is 0 Å². The lowest BCUT2D eigenvalue weighted by Gasteiger charge is -2.14. The van der Waals surface area contributed by atoms with Crippen molar-refractivity contribution in [2.45, 2.75) is 44.9 Å². The van der Waals surface area contributed by atoms with Crippen LogP contribution in [0.25, 0.3) is 0 Å². The van der Waals surface area contributed by atoms with E-state index < -0.39 is 0 Å². The zero-order valence-corrected chi connectivity index (χ0v) is 13.8. The second-order valence-electron chi connectivity index (χ2n) is 5.87. The molecule has 1 saturated carbocycles. The molecule has 0 heterocycles. The van der Waals surface area contributed by atoms with Crippen molar-refractivity contribution in [2.75, 3.05) is 21.3 Å². The Morgan fingerprint density at radius 1 is 1.05 bits per heavy atom. The maximum atomic E-state index is 12.6. The third-order valence-electron chi connectivity index (χ3n) is 4.48. The minimum atomic E-state index is 0.0781. The summed E-state index contributed by atoms with van der Waals surface area (Å²) in [5.74, 6) is 2.54. The van der Waals surface area contributed by atoms with Crippen LogP contribution >= 0.6 is 0 Å². The number of methoxy groups -OCH3 is 3. The molecule has 0 aromatic heterocycles. The van der Waals surface area contributed by atoms with Crippen LogP contribution in [0, 0.1) is 5.92 Å². The first-order chi connectivity index (χ1) is 10.7. The lowest BCUT2D eigenvalue weighted by molar-refractivity contribution is 0.0971. The zero-order valence-electron chi connectivity index (χ0n) is 13.8. The van der Waals surface area contributed by atoms with Crippen LogP contribution in [0.4, 0.5) is 0 Å². The predicted molar refractivity (Wildman–Crippen MR) is 86.2 cm³/mol. The van der Waals surface area contributed by atoms with Crippen LogP contribution in [0.1, 0.15) is 55.3 Å². The van der Waals surface area contributed by atoms with Crippen LogP contribution < -0.4 is 14.2 Å². The highest BCUT2D eigenvalue weighted by atomic mass is 16.5. The average Bonchev–Trinajstić information content (AvgIpc) is 3.06. The summed E-state index contributed by atoms with van der Waals surface area (Å²) in [6.45, 7) is 0. The van der Waals surface area contributed by atoms with Gasteiger partial charge < -0.3 is 14.2 Å². The van der Waals surface area contributed by atoms with Crippen molar-refractivity contribution in [2.24, 2.45) is 5.92 Å². The van der Waals surface area contributed by atoms with Gasteiger partial charge in [-0.2, -0.15) is 0 Å². The molecule has 4 nitrogen and oxygen atoms in total. The summed E-state index contributed by atoms with van der Waals surface area (Å²) in [6, 6.07) is 3.46. The molecule has 0 saturated heterocycles. The molecule has 0 unspecified atom stereocenters. The van der Waals surface area contributed by atoms with Crippen molar-refractivity contribution >= 4 is 5.78 Å². The van der Waals surface area contributed by atoms with E-state index in [-0.39, 0.29) is 5.78 Å². The van der Waals surface area contributed by atoms with Crippen LogP contribution in [0.15, 0.2) is 12.1 Å². The van der Waals surface area contributed by atoms with Crippen LogP contribution in [-0.4, -0.2) is 27.1 Å². The normalized spacial score (nSPS) is 14.9. The number of rotatable bonds is 8. The highest BCUT2D eigenvalue weighted by Gasteiger charge is 2.21. The number of Topliss-reactive ketones (excluding diaryl/α,β-unsaturated/α-hetero) is 1. The highest BCUT2D eigenvalue weighted by Crippen LogP contribution is 2.36. The van der Waals surface area contributed by atoms with Crippen LogP contribution in [0.2, 0.25) is 0 Å². The van der Waals surface area contributed by atoms with E-state index in [1.165, 1.54) is 25.7 Å². The number of hydrogen-bond donors (Lipinski definition) is 0. The molecule has 1 fully saturated rings. The summed E-state index contributed by atoms with van der Waals surface area (Å²) < 4.78 is 15.9. The molecule has 122 valence electrons. The molecule has 0 radical (unpaired) electrons. The molecular formula is C18H26O4. The summed E-state index contributed by atoms with van der Waals surface area (Å²) in [5, 5.41) is 0. The van der Waals surface area contributed by atoms with Crippen molar-refractivity contribution in [1.29, 1.82) is 0 Å². The monoisotopic (exact) mass is 306 g/mol. The van der Waals surface area contributed by atoms with E-state index in [4.69, 9.17) is 14.2 Å². The molecule has 0 amide bonds. The third kappa shape index (κ3) is 3.93. The summed E-state index contributed by atoms with van der Waals surface area (Å²) in [5.41, 5.74) is 0.525. The fraction of sp³-hybridized carbons (Fsp3) is 0.611. The Labute approximate surface area is 132 Å². The second kappa shape index (κ2) is 8.06. The molecule has 22 heavy (non-hydrogen) atoms. The van der Waals surface area contributed by atoms with E-state index in [9.17, 15) is 4.79 Å². The molecule has 1 aliphatic rings. The Bertz CT molecular complexity index is 479. The SMILES string of the molecule is COc1cc(OC)c(C(=O)CCCC2CCCC2)c(OC)c1. The second-order valence-corrected chi connectivity index (χ2v) is 5.87. The number of hydrogen-bond acceptors (Lipinski definition) is 4. The van der Waals surface area contributed by atoms with Gasteiger partial charge in [0.15, 0.2) is 5.78 Å². The first-order valence-corrected chi connectivity index (χ1v) is 8.02. The van der Waals surface area contributed by atoms with Gasteiger partial charge in [0.25, 0.3) is 0 Å². The van der Waals surface area contributed by atoms with E-state index in [2.05, 4.69) is 0 Å². The van der Waals surface area contributed by atoms with Gasteiger partial charge in [0.2, 0.25) is 0 Å². The predicted octanol–water partition coefficient (Wildman–Crippen LogP) is 4.26. The largest absolute Gasteiger partial charge is 0.496 e. The highest BCUT2D eigenvalue weighted by molar-refractivity contribution is 6.01. The molecular weight excluding hydrogens is 280 g/mol. The Balaban J connectivity index is 2.06. The van der Waals surface area contributed by atoms with Gasteiger partial charge in [0.1, 0.15) is 22.8 Å². The summed E-state index contributed by atoms with van der Waals surface area (Å²) in [4.78, 5) is 12.6. The maximum absolute atomic E-state index is 12.6. The van der Waals surface area contributed by atoms with Crippen LogP contribution in [0.5, 0.6) is 17.2 Å². The molecule has 4 heteroatoms. The fourth-order valence-corrected chi connectivity index (χ4v) is 3.26. The number of carbonyl (C=O) groups is 1. The van der Waals surface area contributed by atoms with E-state index in [1.54, 1.807) is 33.5 Å². The molecule has 1 aliphatic carbocycles. The Kier molecular flexibility index (Phi) is 6.10. The van der Waals surface area contributed by atoms with Crippen LogP contribution in [-0.2, 0) is 0 Å². The van der Waals surface area contributed by atoms with Gasteiger partial charge in [-0.05, 0) is 12.3 Å². The van der Waals surface area contributed by atoms with Crippen molar-refractivity contribution < 1.29 is 19.0 Å². The average molecular weight is 306 g/mol. The van der Waals surface area contributed by atoms with E-state index in [0.717, 1.165) is 18.8 Å². The van der Waals surface area contributed by atoms with Gasteiger partial charge in [-0.15, -0.1) is 0 Å². The molecule has 1 aromatic carbocycles. The molecule has 1 aromatic rings. The van der Waals surface area contributed by atoms with E-state index in [0.29, 0.717) is 29.2 Å². The van der Waals surface area contributed by atoms with Gasteiger partial charge in [-0.3, -0.25) is 4.79 Å². The standard InChI is InChI=1S/C18H26O4/c1-20-14-11-16(21-2)18(17(12-14)22-3)15(19)10-6-9-13-7-4-5-8-13/h11-13H,4-10H2,1-3H3. The first kappa shape index (κ1) is 16.7. The molecule has 0 aliphatic heterocycles. The number of carbonyl (C=O) groups excluding carboxylic acids is 1. The van der Waals surface area contributed by atoms with Gasteiger partial charge in [-0.25, -0.2) is 0 Å². The minimum Gasteiger partial charge on any atom is -0.496 e. The zero-order chi connectivity index (χ0) is 15.9. The van der Waals surface area contributed by atoms with Gasteiger partial charge in [0, 0.05) is 18.6 Å². The Hall–Kier alpha value is -1.71. The molecule has 0 bridgehead atoms. The lowest BCUT2D eigenvalue weighted by atomic mass is 9.97. The Morgan fingerprint density at radius 3 is 2.14 bits per heavy atom. The topological polar surface area (TPSA) is 44.8 Å². The van der Waals surface area contributed by atoms with Crippen molar-refractivity contribution in [3.05, 3.63) is 17.7 Å². The summed E-state index contributed by atoms with van der Waals surface area (Å²) >= 11 is 0. The maximum Gasteiger partial charge on any atom is 0.170 e. The smallest absolute Gasteiger partial charge is 0.170 e. The third-order valence-corrected chi connectivity index (χ3v) is 4.48. The summed E-state index contributed by atoms with van der Waals surface area (Å²) in [7, 11) is 4.70. The Morgan fingerprint density at radius 2 is 1.64 bits per heavy atom. The van der Waals surface area contributed by atoms with E-state index in [1.807, 2.05) is 0 Å². The summed E-state index contributed by atoms with van der Waals surface area (Å²) in [6.07, 6.45) is 7.95. The van der Waals surface area contributed by atoms with Crippen molar-refractivity contribution in [3.63, 3.8) is 0 Å². The number of ether oxygens (including phenoxy) is 3. The van der Waals surface area contributed by atoms with Gasteiger partial charge in [-0.1, -0.05) is 32.1 Å². The first-order valence-electron chi connectivity index (χ1n) is 8.02. The van der Waals surface area contributed by atoms with Gasteiger partial charge >= 0.3 is 0 Å². The molecule has 2 rings (SSSR count). The quantitative estimate of drug-likeness (QED) is 0.673. The molecule has 0 N–H and O–H groups in total. The number of ketones is 1. The number of benzene rings is 1. The van der Waals surface area contributed by atoms with Crippen molar-refractivity contribution in [3.8, 4) is 17.2 Å². The fourth-order valence-electron chi connectivity index (χ4n) is 3.26. The molecule has 0 atom stereocenters. The van der Waals surface area contributed by atoms with E-state index >= 15 is 0 Å².